The van der Waals surface area contributed by atoms with Crippen LogP contribution in [0.25, 0.3) is 0 Å². The molecule has 2 heterocycles. The number of hydrogen-bond acceptors (Lipinski definition) is 6. The molecule has 0 atom stereocenters. The van der Waals surface area contributed by atoms with Crippen molar-refractivity contribution in [2.24, 2.45) is 0 Å². The molecule has 2 N–H and O–H groups in total. The molecule has 1 aliphatic rings. The quantitative estimate of drug-likeness (QED) is 0.658. The SMILES string of the molecule is COc1cc(C(=O)NCC2=CCNCC2)ccc1OCc1cscn1.Cl.Cl. The van der Waals surface area contributed by atoms with Gasteiger partial charge < -0.3 is 20.1 Å². The second kappa shape index (κ2) is 11.8. The number of rotatable bonds is 7. The van der Waals surface area contributed by atoms with E-state index in [4.69, 9.17) is 9.47 Å². The van der Waals surface area contributed by atoms with Gasteiger partial charge in [-0.05, 0) is 31.2 Å². The molecule has 2 aromatic rings. The molecule has 0 bridgehead atoms. The number of methoxy groups -OCH3 is 1. The number of nitrogens with one attached hydrogen (secondary N) is 2. The molecule has 27 heavy (non-hydrogen) atoms. The van der Waals surface area contributed by atoms with Crippen molar-refractivity contribution in [1.82, 2.24) is 15.6 Å². The third kappa shape index (κ3) is 6.70. The van der Waals surface area contributed by atoms with Gasteiger partial charge in [-0.3, -0.25) is 4.79 Å². The van der Waals surface area contributed by atoms with E-state index in [9.17, 15) is 4.79 Å². The largest absolute Gasteiger partial charge is 0.493 e. The number of thiazole rings is 1. The first-order valence-corrected chi connectivity index (χ1v) is 9.05. The first-order valence-electron chi connectivity index (χ1n) is 8.11. The van der Waals surface area contributed by atoms with E-state index < -0.39 is 0 Å². The molecular formula is C18H23Cl2N3O3S. The third-order valence-electron chi connectivity index (χ3n) is 3.92. The Kier molecular flexibility index (Phi) is 10.2. The van der Waals surface area contributed by atoms with Gasteiger partial charge in [-0.1, -0.05) is 11.6 Å². The molecule has 0 fully saturated rings. The number of amides is 1. The topological polar surface area (TPSA) is 72.5 Å². The summed E-state index contributed by atoms with van der Waals surface area (Å²) in [6.45, 7) is 2.77. The second-order valence-corrected chi connectivity index (χ2v) is 6.35. The summed E-state index contributed by atoms with van der Waals surface area (Å²) in [6.07, 6.45) is 3.09. The maximum atomic E-state index is 12.4. The molecule has 0 aliphatic carbocycles. The molecule has 1 aromatic heterocycles. The van der Waals surface area contributed by atoms with Crippen molar-refractivity contribution in [2.45, 2.75) is 13.0 Å². The number of nitrogens with zero attached hydrogens (tertiary/aromatic N) is 1. The van der Waals surface area contributed by atoms with E-state index in [1.807, 2.05) is 5.38 Å². The third-order valence-corrected chi connectivity index (χ3v) is 4.55. The van der Waals surface area contributed by atoms with Gasteiger partial charge in [0.25, 0.3) is 5.91 Å². The predicted octanol–water partition coefficient (Wildman–Crippen LogP) is 3.22. The van der Waals surface area contributed by atoms with Gasteiger partial charge in [0.2, 0.25) is 0 Å². The molecular weight excluding hydrogens is 409 g/mol. The van der Waals surface area contributed by atoms with Gasteiger partial charge in [0.05, 0.1) is 18.3 Å². The highest BCUT2D eigenvalue weighted by Gasteiger charge is 2.12. The summed E-state index contributed by atoms with van der Waals surface area (Å²) in [5.41, 5.74) is 4.43. The van der Waals surface area contributed by atoms with Crippen LogP contribution in [0.3, 0.4) is 0 Å². The van der Waals surface area contributed by atoms with Gasteiger partial charge in [-0.25, -0.2) is 4.98 Å². The fraction of sp³-hybridized carbons (Fsp3) is 0.333. The number of aromatic nitrogens is 1. The highest BCUT2D eigenvalue weighted by molar-refractivity contribution is 7.07. The van der Waals surface area contributed by atoms with E-state index in [2.05, 4.69) is 21.7 Å². The number of ether oxygens (including phenoxy) is 2. The van der Waals surface area contributed by atoms with Crippen molar-refractivity contribution in [3.63, 3.8) is 0 Å². The minimum absolute atomic E-state index is 0. The highest BCUT2D eigenvalue weighted by atomic mass is 35.5. The Balaban J connectivity index is 0.00000182. The van der Waals surface area contributed by atoms with Gasteiger partial charge >= 0.3 is 0 Å². The molecule has 9 heteroatoms. The van der Waals surface area contributed by atoms with E-state index in [0.717, 1.165) is 25.2 Å². The Hall–Kier alpha value is -1.80. The van der Waals surface area contributed by atoms with Crippen LogP contribution < -0.4 is 20.1 Å². The lowest BCUT2D eigenvalue weighted by atomic mass is 10.1. The average molecular weight is 432 g/mol. The molecule has 0 unspecified atom stereocenters. The standard InChI is InChI=1S/C18H21N3O3S.2ClH/c1-23-17-8-14(18(22)20-9-13-4-6-19-7-5-13)2-3-16(17)24-10-15-11-25-12-21-15;;/h2-4,8,11-12,19H,5-7,9-10H2,1H3,(H,20,22);2*1H. The Labute approximate surface area is 175 Å². The fourth-order valence-corrected chi connectivity index (χ4v) is 3.06. The summed E-state index contributed by atoms with van der Waals surface area (Å²) in [7, 11) is 1.56. The molecule has 1 amide bonds. The lowest BCUT2D eigenvalue weighted by Gasteiger charge is -2.15. The zero-order valence-electron chi connectivity index (χ0n) is 14.9. The van der Waals surface area contributed by atoms with E-state index in [1.54, 1.807) is 30.8 Å². The summed E-state index contributed by atoms with van der Waals surface area (Å²) in [4.78, 5) is 16.5. The van der Waals surface area contributed by atoms with Crippen LogP contribution in [0.4, 0.5) is 0 Å². The Morgan fingerprint density at radius 1 is 1.33 bits per heavy atom. The summed E-state index contributed by atoms with van der Waals surface area (Å²) in [6, 6.07) is 5.19. The van der Waals surface area contributed by atoms with E-state index in [0.29, 0.717) is 30.2 Å². The van der Waals surface area contributed by atoms with Gasteiger partial charge in [0.15, 0.2) is 11.5 Å². The van der Waals surface area contributed by atoms with E-state index in [1.165, 1.54) is 16.9 Å². The zero-order chi connectivity index (χ0) is 17.5. The van der Waals surface area contributed by atoms with Crippen molar-refractivity contribution < 1.29 is 14.3 Å². The molecule has 0 saturated heterocycles. The van der Waals surface area contributed by atoms with Crippen LogP contribution in [0.15, 0.2) is 40.7 Å². The van der Waals surface area contributed by atoms with Crippen LogP contribution in [-0.4, -0.2) is 37.6 Å². The minimum atomic E-state index is -0.121. The van der Waals surface area contributed by atoms with Crippen LogP contribution >= 0.6 is 36.2 Å². The van der Waals surface area contributed by atoms with Crippen molar-refractivity contribution in [3.8, 4) is 11.5 Å². The summed E-state index contributed by atoms with van der Waals surface area (Å²) in [5, 5.41) is 8.14. The molecule has 6 nitrogen and oxygen atoms in total. The van der Waals surface area contributed by atoms with Crippen molar-refractivity contribution in [3.05, 3.63) is 52.0 Å². The van der Waals surface area contributed by atoms with Crippen LogP contribution in [0.2, 0.25) is 0 Å². The van der Waals surface area contributed by atoms with Crippen LogP contribution in [-0.2, 0) is 6.61 Å². The Morgan fingerprint density at radius 3 is 2.85 bits per heavy atom. The van der Waals surface area contributed by atoms with Gasteiger partial charge in [0, 0.05) is 24.0 Å². The maximum absolute atomic E-state index is 12.4. The molecule has 1 aliphatic heterocycles. The van der Waals surface area contributed by atoms with Crippen molar-refractivity contribution in [1.29, 1.82) is 0 Å². The lowest BCUT2D eigenvalue weighted by Crippen LogP contribution is -2.29. The minimum Gasteiger partial charge on any atom is -0.493 e. The normalized spacial score (nSPS) is 12.9. The zero-order valence-corrected chi connectivity index (χ0v) is 17.3. The number of halogens is 2. The van der Waals surface area contributed by atoms with E-state index in [-0.39, 0.29) is 30.7 Å². The first kappa shape index (κ1) is 23.2. The number of benzene rings is 1. The number of carbonyl (C=O) groups is 1. The van der Waals surface area contributed by atoms with Gasteiger partial charge in [-0.2, -0.15) is 0 Å². The van der Waals surface area contributed by atoms with E-state index >= 15 is 0 Å². The molecule has 1 aromatic carbocycles. The molecule has 0 radical (unpaired) electrons. The van der Waals surface area contributed by atoms with Crippen LogP contribution in [0.5, 0.6) is 11.5 Å². The molecule has 0 saturated carbocycles. The average Bonchev–Trinajstić information content (AvgIpc) is 3.18. The van der Waals surface area contributed by atoms with Crippen LogP contribution in [0, 0.1) is 0 Å². The van der Waals surface area contributed by atoms with Crippen molar-refractivity contribution >= 4 is 42.1 Å². The predicted molar refractivity (Wildman–Crippen MR) is 112 cm³/mol. The summed E-state index contributed by atoms with van der Waals surface area (Å²) < 4.78 is 11.1. The first-order chi connectivity index (χ1) is 12.3. The summed E-state index contributed by atoms with van der Waals surface area (Å²) in [5.74, 6) is 1.00. The highest BCUT2D eigenvalue weighted by Crippen LogP contribution is 2.28. The van der Waals surface area contributed by atoms with Gasteiger partial charge in [0.1, 0.15) is 6.61 Å². The number of carbonyl (C=O) groups excluding carboxylic acids is 1. The number of hydrogen-bond donors (Lipinski definition) is 2. The van der Waals surface area contributed by atoms with Crippen molar-refractivity contribution in [2.75, 3.05) is 26.7 Å². The van der Waals surface area contributed by atoms with Crippen LogP contribution in [0.1, 0.15) is 22.5 Å². The second-order valence-electron chi connectivity index (χ2n) is 5.63. The lowest BCUT2D eigenvalue weighted by molar-refractivity contribution is 0.0956. The molecule has 3 rings (SSSR count). The monoisotopic (exact) mass is 431 g/mol. The molecule has 148 valence electrons. The smallest absolute Gasteiger partial charge is 0.251 e. The fourth-order valence-electron chi connectivity index (χ4n) is 2.51. The Bertz CT molecular complexity index is 754. The maximum Gasteiger partial charge on any atom is 0.251 e. The summed E-state index contributed by atoms with van der Waals surface area (Å²) >= 11 is 1.52. The molecule has 0 spiro atoms. The Morgan fingerprint density at radius 2 is 2.19 bits per heavy atom. The van der Waals surface area contributed by atoms with Gasteiger partial charge in [-0.15, -0.1) is 36.2 Å².